The lowest BCUT2D eigenvalue weighted by molar-refractivity contribution is 0.266. The zero-order valence-electron chi connectivity index (χ0n) is 11.1. The Morgan fingerprint density at radius 2 is 1.93 bits per heavy atom. The van der Waals surface area contributed by atoms with Crippen LogP contribution in [0, 0.1) is 0 Å². The second-order valence-corrected chi connectivity index (χ2v) is 4.06. The van der Waals surface area contributed by atoms with Gasteiger partial charge in [0.2, 0.25) is 0 Å². The first-order chi connectivity index (χ1) is 7.12. The third-order valence-electron chi connectivity index (χ3n) is 3.03. The van der Waals surface area contributed by atoms with Gasteiger partial charge in [-0.1, -0.05) is 33.4 Å². The molecule has 0 aliphatic heterocycles. The molecule has 0 aromatic rings. The molecule has 0 spiro atoms. The summed E-state index contributed by atoms with van der Waals surface area (Å²) < 4.78 is 0. The van der Waals surface area contributed by atoms with Crippen molar-refractivity contribution < 1.29 is 0 Å². The average molecular weight is 209 g/mol. The number of hydrogen-bond acceptors (Lipinski definition) is 1. The molecule has 0 heterocycles. The minimum atomic E-state index is 0.596. The van der Waals surface area contributed by atoms with Gasteiger partial charge in [0.1, 0.15) is 0 Å². The lowest BCUT2D eigenvalue weighted by atomic mass is 10.1. The molecule has 0 bridgehead atoms. The highest BCUT2D eigenvalue weighted by atomic mass is 15.2. The van der Waals surface area contributed by atoms with Gasteiger partial charge in [-0.3, -0.25) is 0 Å². The Balaban J connectivity index is 4.68. The molecule has 1 unspecified atom stereocenters. The van der Waals surface area contributed by atoms with Gasteiger partial charge < -0.3 is 4.90 Å². The first-order valence-electron chi connectivity index (χ1n) is 6.23. The van der Waals surface area contributed by atoms with Crippen molar-refractivity contribution in [2.24, 2.45) is 0 Å². The predicted molar refractivity (Wildman–Crippen MR) is 69.9 cm³/mol. The molecular weight excluding hydrogens is 182 g/mol. The van der Waals surface area contributed by atoms with Gasteiger partial charge in [-0.25, -0.2) is 0 Å². The molecular formula is C14H27N. The average Bonchev–Trinajstić information content (AvgIpc) is 2.26. The molecule has 0 rings (SSSR count). The van der Waals surface area contributed by atoms with Crippen molar-refractivity contribution in [2.75, 3.05) is 6.54 Å². The smallest absolute Gasteiger partial charge is 0.0324 e. The summed E-state index contributed by atoms with van der Waals surface area (Å²) in [7, 11) is 0. The molecule has 15 heavy (non-hydrogen) atoms. The summed E-state index contributed by atoms with van der Waals surface area (Å²) in [5.74, 6) is 0. The van der Waals surface area contributed by atoms with Crippen LogP contribution in [0.15, 0.2) is 23.9 Å². The standard InChI is InChI=1S/C14H27N/c1-7-11-15(12(5)8-2)13(6)14(9-3)10-4/h9,12H,6-8,10-11H2,1-5H3/b14-9-. The monoisotopic (exact) mass is 209 g/mol. The Labute approximate surface area is 95.9 Å². The summed E-state index contributed by atoms with van der Waals surface area (Å²) in [5.41, 5.74) is 2.60. The third kappa shape index (κ3) is 4.11. The van der Waals surface area contributed by atoms with E-state index in [1.165, 1.54) is 24.1 Å². The summed E-state index contributed by atoms with van der Waals surface area (Å²) in [5, 5.41) is 0. The fourth-order valence-corrected chi connectivity index (χ4v) is 1.84. The summed E-state index contributed by atoms with van der Waals surface area (Å²) in [6.45, 7) is 16.4. The molecule has 0 amide bonds. The van der Waals surface area contributed by atoms with Crippen LogP contribution < -0.4 is 0 Å². The Morgan fingerprint density at radius 1 is 1.33 bits per heavy atom. The van der Waals surface area contributed by atoms with Crippen molar-refractivity contribution in [3.8, 4) is 0 Å². The summed E-state index contributed by atoms with van der Waals surface area (Å²) in [4.78, 5) is 2.44. The number of allylic oxidation sites excluding steroid dienone is 2. The van der Waals surface area contributed by atoms with Crippen molar-refractivity contribution >= 4 is 0 Å². The van der Waals surface area contributed by atoms with Crippen LogP contribution in [0.25, 0.3) is 0 Å². The van der Waals surface area contributed by atoms with E-state index in [9.17, 15) is 0 Å². The van der Waals surface area contributed by atoms with Crippen LogP contribution in [0.1, 0.15) is 53.9 Å². The Kier molecular flexibility index (Phi) is 7.19. The van der Waals surface area contributed by atoms with Crippen LogP contribution >= 0.6 is 0 Å². The molecule has 0 radical (unpaired) electrons. The second-order valence-electron chi connectivity index (χ2n) is 4.06. The van der Waals surface area contributed by atoms with Gasteiger partial charge in [-0.2, -0.15) is 0 Å². The van der Waals surface area contributed by atoms with E-state index in [-0.39, 0.29) is 0 Å². The van der Waals surface area contributed by atoms with Gasteiger partial charge >= 0.3 is 0 Å². The van der Waals surface area contributed by atoms with E-state index in [0.29, 0.717) is 6.04 Å². The fourth-order valence-electron chi connectivity index (χ4n) is 1.84. The highest BCUT2D eigenvalue weighted by Gasteiger charge is 2.14. The molecule has 0 aromatic heterocycles. The maximum atomic E-state index is 4.24. The predicted octanol–water partition coefficient (Wildman–Crippen LogP) is 4.37. The van der Waals surface area contributed by atoms with Crippen molar-refractivity contribution in [1.82, 2.24) is 4.90 Å². The van der Waals surface area contributed by atoms with Crippen LogP contribution in [0.2, 0.25) is 0 Å². The summed E-state index contributed by atoms with van der Waals surface area (Å²) in [6.07, 6.45) is 5.63. The van der Waals surface area contributed by atoms with E-state index < -0.39 is 0 Å². The highest BCUT2D eigenvalue weighted by Crippen LogP contribution is 2.20. The third-order valence-corrected chi connectivity index (χ3v) is 3.03. The van der Waals surface area contributed by atoms with Crippen LogP contribution in [-0.2, 0) is 0 Å². The van der Waals surface area contributed by atoms with Crippen LogP contribution in [0.3, 0.4) is 0 Å². The normalized spacial score (nSPS) is 13.8. The van der Waals surface area contributed by atoms with Gasteiger partial charge in [0.25, 0.3) is 0 Å². The van der Waals surface area contributed by atoms with Crippen molar-refractivity contribution in [1.29, 1.82) is 0 Å². The Morgan fingerprint density at radius 3 is 2.27 bits per heavy atom. The molecule has 0 fully saturated rings. The zero-order valence-corrected chi connectivity index (χ0v) is 11.1. The molecule has 0 aliphatic rings. The summed E-state index contributed by atoms with van der Waals surface area (Å²) >= 11 is 0. The van der Waals surface area contributed by atoms with Gasteiger partial charge in [0, 0.05) is 18.3 Å². The maximum Gasteiger partial charge on any atom is 0.0324 e. The quantitative estimate of drug-likeness (QED) is 0.563. The molecule has 1 heteroatoms. The van der Waals surface area contributed by atoms with E-state index >= 15 is 0 Å². The first kappa shape index (κ1) is 14.3. The minimum absolute atomic E-state index is 0.596. The molecule has 0 saturated carbocycles. The van der Waals surface area contributed by atoms with Gasteiger partial charge in [0.05, 0.1) is 0 Å². The van der Waals surface area contributed by atoms with Gasteiger partial charge in [0.15, 0.2) is 0 Å². The maximum absolute atomic E-state index is 4.24. The van der Waals surface area contributed by atoms with E-state index in [4.69, 9.17) is 0 Å². The largest absolute Gasteiger partial charge is 0.369 e. The SMILES string of the molecule is C=C(/C(=C\C)CC)N(CCC)C(C)CC. The first-order valence-corrected chi connectivity index (χ1v) is 6.23. The lowest BCUT2D eigenvalue weighted by Crippen LogP contribution is -2.32. The summed E-state index contributed by atoms with van der Waals surface area (Å²) in [6, 6.07) is 0.596. The highest BCUT2D eigenvalue weighted by molar-refractivity contribution is 5.26. The molecule has 1 atom stereocenters. The number of rotatable bonds is 7. The van der Waals surface area contributed by atoms with Gasteiger partial charge in [-0.15, -0.1) is 0 Å². The molecule has 1 nitrogen and oxygen atoms in total. The Bertz CT molecular complexity index is 215. The van der Waals surface area contributed by atoms with Crippen molar-refractivity contribution in [3.63, 3.8) is 0 Å². The van der Waals surface area contributed by atoms with E-state index in [1.807, 2.05) is 0 Å². The molecule has 0 saturated heterocycles. The van der Waals surface area contributed by atoms with E-state index in [2.05, 4.69) is 52.2 Å². The van der Waals surface area contributed by atoms with E-state index in [0.717, 1.165) is 13.0 Å². The van der Waals surface area contributed by atoms with Crippen LogP contribution in [0.5, 0.6) is 0 Å². The fraction of sp³-hybridized carbons (Fsp3) is 0.714. The van der Waals surface area contributed by atoms with Gasteiger partial charge in [-0.05, 0) is 38.7 Å². The molecule has 0 N–H and O–H groups in total. The lowest BCUT2D eigenvalue weighted by Gasteiger charge is -2.33. The van der Waals surface area contributed by atoms with E-state index in [1.54, 1.807) is 0 Å². The van der Waals surface area contributed by atoms with Crippen molar-refractivity contribution in [2.45, 2.75) is 59.9 Å². The minimum Gasteiger partial charge on any atom is -0.369 e. The topological polar surface area (TPSA) is 3.24 Å². The Hall–Kier alpha value is -0.720. The zero-order chi connectivity index (χ0) is 11.8. The number of nitrogens with zero attached hydrogens (tertiary/aromatic N) is 1. The van der Waals surface area contributed by atoms with Crippen LogP contribution in [-0.4, -0.2) is 17.5 Å². The molecule has 0 aromatic carbocycles. The molecule has 88 valence electrons. The number of hydrogen-bond donors (Lipinski definition) is 0. The second kappa shape index (κ2) is 7.56. The molecule has 0 aliphatic carbocycles. The van der Waals surface area contributed by atoms with Crippen molar-refractivity contribution in [3.05, 3.63) is 23.9 Å². The van der Waals surface area contributed by atoms with Crippen LogP contribution in [0.4, 0.5) is 0 Å².